The van der Waals surface area contributed by atoms with Crippen LogP contribution in [0.4, 0.5) is 0 Å². The largest absolute Gasteiger partial charge is 0.465 e. The molecule has 1 amide bonds. The average Bonchev–Trinajstić information content (AvgIpc) is 3.36. The molecule has 1 aromatic carbocycles. The predicted molar refractivity (Wildman–Crippen MR) is 110 cm³/mol. The fourth-order valence-electron chi connectivity index (χ4n) is 3.94. The quantitative estimate of drug-likeness (QED) is 0.600. The fraction of sp³-hybridized carbons (Fsp3) is 0.455. The number of rotatable bonds is 7. The molecule has 3 heterocycles. The molecule has 158 valence electrons. The zero-order chi connectivity index (χ0) is 21.1. The number of benzene rings is 1. The number of methoxy groups -OCH3 is 1. The molecule has 0 atom stereocenters. The Bertz CT molecular complexity index is 1070. The van der Waals surface area contributed by atoms with Gasteiger partial charge in [0.25, 0.3) is 0 Å². The highest BCUT2D eigenvalue weighted by Gasteiger charge is 2.24. The molecule has 0 spiro atoms. The van der Waals surface area contributed by atoms with Gasteiger partial charge in [0, 0.05) is 60.9 Å². The van der Waals surface area contributed by atoms with E-state index in [0.717, 1.165) is 47.2 Å². The second-order valence-corrected chi connectivity index (χ2v) is 7.61. The molecule has 0 saturated carbocycles. The summed E-state index contributed by atoms with van der Waals surface area (Å²) < 4.78 is 10.1. The first kappa shape index (κ1) is 20.1. The zero-order valence-corrected chi connectivity index (χ0v) is 17.4. The van der Waals surface area contributed by atoms with Crippen molar-refractivity contribution in [3.63, 3.8) is 0 Å². The number of nitrogens with one attached hydrogen (secondary N) is 1. The lowest BCUT2D eigenvalue weighted by atomic mass is 10.0. The number of hydrogen-bond acceptors (Lipinski definition) is 6. The Morgan fingerprint density at radius 3 is 2.97 bits per heavy atom. The molecular formula is C22H26N4O4. The normalized spacial score (nSPS) is 13.5. The maximum absolute atomic E-state index is 12.8. The number of H-pyrrole nitrogens is 1. The topological polar surface area (TPSA) is 101 Å². The van der Waals surface area contributed by atoms with Crippen molar-refractivity contribution in [1.82, 2.24) is 20.0 Å². The van der Waals surface area contributed by atoms with Crippen LogP contribution in [0, 0.1) is 0 Å². The highest BCUT2D eigenvalue weighted by Crippen LogP contribution is 2.29. The minimum Gasteiger partial charge on any atom is -0.465 e. The standard InChI is InChI=1S/C22H26N4O4/c1-3-5-19-24-20(30-25-19)6-4-7-21(27)26-11-10-18-16(13-26)15-12-14(22(28)29-2)8-9-17(15)23-18/h8-9,12,23H,3-7,10-11,13H2,1-2H3. The van der Waals surface area contributed by atoms with E-state index in [-0.39, 0.29) is 11.9 Å². The van der Waals surface area contributed by atoms with E-state index in [2.05, 4.69) is 22.0 Å². The van der Waals surface area contributed by atoms with Gasteiger partial charge in [-0.1, -0.05) is 12.1 Å². The molecule has 0 fully saturated rings. The van der Waals surface area contributed by atoms with Crippen LogP contribution in [-0.2, 0) is 35.3 Å². The van der Waals surface area contributed by atoms with Crippen molar-refractivity contribution in [2.45, 2.75) is 52.0 Å². The number of aromatic nitrogens is 3. The molecule has 1 N–H and O–H groups in total. The van der Waals surface area contributed by atoms with Crippen LogP contribution in [-0.4, -0.2) is 45.6 Å². The number of hydrogen-bond donors (Lipinski definition) is 1. The predicted octanol–water partition coefficient (Wildman–Crippen LogP) is 3.20. The van der Waals surface area contributed by atoms with E-state index in [4.69, 9.17) is 9.26 Å². The van der Waals surface area contributed by atoms with Crippen LogP contribution in [0.15, 0.2) is 22.7 Å². The minimum atomic E-state index is -0.362. The number of carbonyl (C=O) groups is 2. The van der Waals surface area contributed by atoms with Crippen LogP contribution < -0.4 is 0 Å². The van der Waals surface area contributed by atoms with Crippen molar-refractivity contribution < 1.29 is 18.8 Å². The minimum absolute atomic E-state index is 0.118. The smallest absolute Gasteiger partial charge is 0.337 e. The number of carbonyl (C=O) groups excluding carboxylic acids is 2. The van der Waals surface area contributed by atoms with Gasteiger partial charge in [0.2, 0.25) is 11.8 Å². The van der Waals surface area contributed by atoms with Crippen LogP contribution in [0.3, 0.4) is 0 Å². The summed E-state index contributed by atoms with van der Waals surface area (Å²) >= 11 is 0. The number of amides is 1. The summed E-state index contributed by atoms with van der Waals surface area (Å²) in [5, 5.41) is 4.92. The molecule has 0 unspecified atom stereocenters. The SMILES string of the molecule is CCCc1noc(CCCC(=O)N2CCc3[nH]c4ccc(C(=O)OC)cc4c3C2)n1. The van der Waals surface area contributed by atoms with Crippen molar-refractivity contribution in [1.29, 1.82) is 0 Å². The van der Waals surface area contributed by atoms with Crippen LogP contribution in [0.2, 0.25) is 0 Å². The monoisotopic (exact) mass is 410 g/mol. The van der Waals surface area contributed by atoms with E-state index in [9.17, 15) is 9.59 Å². The Kier molecular flexibility index (Phi) is 5.83. The van der Waals surface area contributed by atoms with Crippen LogP contribution >= 0.6 is 0 Å². The Balaban J connectivity index is 1.40. The molecule has 1 aliphatic rings. The van der Waals surface area contributed by atoms with Crippen LogP contribution in [0.25, 0.3) is 10.9 Å². The fourth-order valence-corrected chi connectivity index (χ4v) is 3.94. The van der Waals surface area contributed by atoms with Gasteiger partial charge >= 0.3 is 5.97 Å². The van der Waals surface area contributed by atoms with Gasteiger partial charge in [0.05, 0.1) is 12.7 Å². The third-order valence-electron chi connectivity index (χ3n) is 5.51. The number of fused-ring (bicyclic) bond motifs is 3. The van der Waals surface area contributed by atoms with Crippen molar-refractivity contribution >= 4 is 22.8 Å². The second-order valence-electron chi connectivity index (χ2n) is 7.61. The molecule has 0 aliphatic carbocycles. The molecule has 30 heavy (non-hydrogen) atoms. The molecule has 0 radical (unpaired) electrons. The summed E-state index contributed by atoms with van der Waals surface area (Å²) in [4.78, 5) is 34.3. The number of aryl methyl sites for hydroxylation is 2. The van der Waals surface area contributed by atoms with E-state index in [1.54, 1.807) is 6.07 Å². The maximum atomic E-state index is 12.8. The molecule has 0 saturated heterocycles. The van der Waals surface area contributed by atoms with Crippen LogP contribution in [0.5, 0.6) is 0 Å². The zero-order valence-electron chi connectivity index (χ0n) is 17.4. The highest BCUT2D eigenvalue weighted by atomic mass is 16.5. The third-order valence-corrected chi connectivity index (χ3v) is 5.51. The summed E-state index contributed by atoms with van der Waals surface area (Å²) in [6.45, 7) is 3.30. The molecule has 8 nitrogen and oxygen atoms in total. The summed E-state index contributed by atoms with van der Waals surface area (Å²) in [5.74, 6) is 1.08. The van der Waals surface area contributed by atoms with E-state index in [1.165, 1.54) is 7.11 Å². The third kappa shape index (κ3) is 4.08. The van der Waals surface area contributed by atoms with E-state index >= 15 is 0 Å². The lowest BCUT2D eigenvalue weighted by Gasteiger charge is -2.27. The maximum Gasteiger partial charge on any atom is 0.337 e. The Morgan fingerprint density at radius 2 is 2.17 bits per heavy atom. The number of nitrogens with zero attached hydrogens (tertiary/aromatic N) is 3. The number of ether oxygens (including phenoxy) is 1. The average molecular weight is 410 g/mol. The van der Waals surface area contributed by atoms with Gasteiger partial charge in [0.1, 0.15) is 0 Å². The van der Waals surface area contributed by atoms with Gasteiger partial charge in [-0.05, 0) is 31.0 Å². The molecule has 1 aliphatic heterocycles. The first-order chi connectivity index (χ1) is 14.6. The summed E-state index contributed by atoms with van der Waals surface area (Å²) in [6, 6.07) is 5.49. The van der Waals surface area contributed by atoms with Gasteiger partial charge in [-0.15, -0.1) is 0 Å². The van der Waals surface area contributed by atoms with Crippen molar-refractivity contribution in [2.24, 2.45) is 0 Å². The Labute approximate surface area is 174 Å². The summed E-state index contributed by atoms with van der Waals surface area (Å²) in [5.41, 5.74) is 3.69. The van der Waals surface area contributed by atoms with Crippen molar-refractivity contribution in [3.8, 4) is 0 Å². The molecule has 8 heteroatoms. The molecular weight excluding hydrogens is 384 g/mol. The Morgan fingerprint density at radius 1 is 1.30 bits per heavy atom. The van der Waals surface area contributed by atoms with E-state index in [0.29, 0.717) is 43.8 Å². The van der Waals surface area contributed by atoms with Gasteiger partial charge in [0.15, 0.2) is 5.82 Å². The molecule has 3 aromatic rings. The number of esters is 1. The van der Waals surface area contributed by atoms with Crippen molar-refractivity contribution in [3.05, 3.63) is 46.7 Å². The highest BCUT2D eigenvalue weighted by molar-refractivity contribution is 5.96. The lowest BCUT2D eigenvalue weighted by molar-refractivity contribution is -0.132. The van der Waals surface area contributed by atoms with Gasteiger partial charge < -0.3 is 19.1 Å². The molecule has 2 aromatic heterocycles. The molecule has 4 rings (SSSR count). The summed E-state index contributed by atoms with van der Waals surface area (Å²) in [6.07, 6.45) is 4.28. The molecule has 0 bridgehead atoms. The van der Waals surface area contributed by atoms with Gasteiger partial charge in [-0.25, -0.2) is 4.79 Å². The van der Waals surface area contributed by atoms with E-state index in [1.807, 2.05) is 17.0 Å². The lowest BCUT2D eigenvalue weighted by Crippen LogP contribution is -2.35. The number of aromatic amines is 1. The first-order valence-corrected chi connectivity index (χ1v) is 10.4. The van der Waals surface area contributed by atoms with Crippen LogP contribution in [0.1, 0.15) is 59.5 Å². The Hall–Kier alpha value is -3.16. The second kappa shape index (κ2) is 8.69. The first-order valence-electron chi connectivity index (χ1n) is 10.4. The van der Waals surface area contributed by atoms with Gasteiger partial charge in [-0.2, -0.15) is 4.98 Å². The van der Waals surface area contributed by atoms with Gasteiger partial charge in [-0.3, -0.25) is 4.79 Å². The summed E-state index contributed by atoms with van der Waals surface area (Å²) in [7, 11) is 1.37. The van der Waals surface area contributed by atoms with E-state index < -0.39 is 0 Å². The van der Waals surface area contributed by atoms with Crippen molar-refractivity contribution in [2.75, 3.05) is 13.7 Å².